The molecule has 0 aromatic heterocycles. The van der Waals surface area contributed by atoms with Crippen LogP contribution >= 0.6 is 0 Å². The molecule has 34 heavy (non-hydrogen) atoms. The number of ether oxygens (including phenoxy) is 2. The van der Waals surface area contributed by atoms with E-state index in [0.29, 0.717) is 24.2 Å². The Morgan fingerprint density at radius 2 is 1.59 bits per heavy atom. The summed E-state index contributed by atoms with van der Waals surface area (Å²) in [5.74, 6) is -0.556. The zero-order valence-corrected chi connectivity index (χ0v) is 20.0. The second-order valence-electron chi connectivity index (χ2n) is 9.54. The predicted octanol–water partition coefficient (Wildman–Crippen LogP) is 4.89. The van der Waals surface area contributed by atoms with E-state index in [1.54, 1.807) is 20.8 Å². The van der Waals surface area contributed by atoms with Gasteiger partial charge < -0.3 is 9.47 Å². The number of hydrogen-bond donors (Lipinski definition) is 0. The van der Waals surface area contributed by atoms with Gasteiger partial charge in [0.05, 0.1) is 5.57 Å². The molecular weight excluding hydrogens is 430 g/mol. The van der Waals surface area contributed by atoms with E-state index in [-0.39, 0.29) is 25.0 Å². The molecule has 6 nitrogen and oxygen atoms in total. The molecule has 2 aromatic rings. The number of carbonyl (C=O) groups is 3. The lowest BCUT2D eigenvalue weighted by Gasteiger charge is -2.43. The predicted molar refractivity (Wildman–Crippen MR) is 128 cm³/mol. The fraction of sp³-hybridized carbons (Fsp3) is 0.393. The Bertz CT molecular complexity index is 1100. The van der Waals surface area contributed by atoms with Crippen LogP contribution in [0.5, 0.6) is 0 Å². The number of benzene rings is 2. The van der Waals surface area contributed by atoms with Crippen molar-refractivity contribution >= 4 is 23.2 Å². The maximum Gasteiger partial charge on any atom is 0.320 e. The van der Waals surface area contributed by atoms with Crippen LogP contribution < -0.4 is 0 Å². The van der Waals surface area contributed by atoms with Crippen molar-refractivity contribution < 1.29 is 23.9 Å². The van der Waals surface area contributed by atoms with Crippen LogP contribution in [0.2, 0.25) is 0 Å². The Morgan fingerprint density at radius 3 is 2.21 bits per heavy atom. The van der Waals surface area contributed by atoms with Gasteiger partial charge in [-0.2, -0.15) is 0 Å². The van der Waals surface area contributed by atoms with E-state index in [1.165, 1.54) is 4.90 Å². The van der Waals surface area contributed by atoms with Gasteiger partial charge in [-0.3, -0.25) is 19.3 Å². The number of esters is 1. The van der Waals surface area contributed by atoms with Crippen LogP contribution in [0.25, 0.3) is 5.57 Å². The van der Waals surface area contributed by atoms with Crippen molar-refractivity contribution in [3.8, 4) is 0 Å². The molecule has 6 heteroatoms. The number of amides is 1. The zero-order chi connectivity index (χ0) is 24.3. The van der Waals surface area contributed by atoms with Crippen molar-refractivity contribution in [1.82, 2.24) is 4.90 Å². The van der Waals surface area contributed by atoms with E-state index in [1.807, 2.05) is 60.7 Å². The van der Waals surface area contributed by atoms with Crippen molar-refractivity contribution in [2.24, 2.45) is 5.41 Å². The molecule has 0 N–H and O–H groups in total. The summed E-state index contributed by atoms with van der Waals surface area (Å²) in [6, 6.07) is 18.7. The molecule has 178 valence electrons. The number of Topliss-reactive ketones (excluding diaryl/α,β-unsaturated/α-hetero) is 1. The standard InChI is InChI=1S/C28H31NO5/c1-20-23(22-14-8-5-9-15-22)24(30)29(19-34-20)27(2,3)25(31)28(16-10-11-17-28)26(32)33-18-21-12-6-4-7-13-21/h4-9,12-15H,10-11,16-19H2,1-3H3. The molecule has 1 aliphatic carbocycles. The van der Waals surface area contributed by atoms with Gasteiger partial charge in [-0.05, 0) is 44.7 Å². The largest absolute Gasteiger partial charge is 0.477 e. The third kappa shape index (κ3) is 4.25. The first-order valence-electron chi connectivity index (χ1n) is 11.7. The average Bonchev–Trinajstić information content (AvgIpc) is 3.34. The van der Waals surface area contributed by atoms with Crippen LogP contribution in [0.4, 0.5) is 0 Å². The molecule has 2 aliphatic rings. The molecular formula is C28H31NO5. The van der Waals surface area contributed by atoms with E-state index in [4.69, 9.17) is 9.47 Å². The van der Waals surface area contributed by atoms with Crippen LogP contribution in [0.3, 0.4) is 0 Å². The summed E-state index contributed by atoms with van der Waals surface area (Å²) < 4.78 is 11.5. The van der Waals surface area contributed by atoms with Gasteiger partial charge in [0, 0.05) is 0 Å². The molecule has 1 amide bonds. The number of allylic oxidation sites excluding steroid dienone is 1. The highest BCUT2D eigenvalue weighted by Gasteiger charge is 2.56. The maximum atomic E-state index is 14.0. The van der Waals surface area contributed by atoms with Gasteiger partial charge in [0.1, 0.15) is 23.3 Å². The summed E-state index contributed by atoms with van der Waals surface area (Å²) in [5, 5.41) is 0. The maximum absolute atomic E-state index is 14.0. The van der Waals surface area contributed by atoms with Crippen LogP contribution in [0.1, 0.15) is 57.6 Å². The van der Waals surface area contributed by atoms with Crippen molar-refractivity contribution in [1.29, 1.82) is 0 Å². The SMILES string of the molecule is CC1=C(c2ccccc2)C(=O)N(C(C)(C)C(=O)C2(C(=O)OCc3ccccc3)CCCC2)CO1. The number of rotatable bonds is 7. The first-order valence-corrected chi connectivity index (χ1v) is 11.7. The number of carbonyl (C=O) groups excluding carboxylic acids is 3. The van der Waals surface area contributed by atoms with Crippen molar-refractivity contribution in [2.45, 2.75) is 58.6 Å². The molecule has 0 atom stereocenters. The molecule has 4 rings (SSSR count). The van der Waals surface area contributed by atoms with Crippen molar-refractivity contribution in [3.05, 3.63) is 77.5 Å². The molecule has 1 heterocycles. The van der Waals surface area contributed by atoms with Crippen molar-refractivity contribution in [2.75, 3.05) is 6.73 Å². The Morgan fingerprint density at radius 1 is 1.00 bits per heavy atom. The van der Waals surface area contributed by atoms with Gasteiger partial charge in [-0.15, -0.1) is 0 Å². The van der Waals surface area contributed by atoms with Gasteiger partial charge in [0.2, 0.25) is 0 Å². The fourth-order valence-corrected chi connectivity index (χ4v) is 5.00. The molecule has 0 radical (unpaired) electrons. The zero-order valence-electron chi connectivity index (χ0n) is 20.0. The van der Waals surface area contributed by atoms with Gasteiger partial charge in [0.25, 0.3) is 5.91 Å². The molecule has 1 fully saturated rings. The summed E-state index contributed by atoms with van der Waals surface area (Å²) in [4.78, 5) is 42.4. The summed E-state index contributed by atoms with van der Waals surface area (Å²) in [7, 11) is 0. The number of ketones is 1. The summed E-state index contributed by atoms with van der Waals surface area (Å²) in [5.41, 5.74) is -0.491. The molecule has 1 aliphatic heterocycles. The fourth-order valence-electron chi connectivity index (χ4n) is 5.00. The lowest BCUT2D eigenvalue weighted by molar-refractivity contribution is -0.169. The molecule has 2 aromatic carbocycles. The monoisotopic (exact) mass is 461 g/mol. The second-order valence-corrected chi connectivity index (χ2v) is 9.54. The molecule has 0 bridgehead atoms. The summed E-state index contributed by atoms with van der Waals surface area (Å²) >= 11 is 0. The molecule has 0 spiro atoms. The van der Waals surface area contributed by atoms with Gasteiger partial charge in [-0.1, -0.05) is 73.5 Å². The van der Waals surface area contributed by atoms with Crippen molar-refractivity contribution in [3.63, 3.8) is 0 Å². The van der Waals surface area contributed by atoms with E-state index < -0.39 is 16.9 Å². The Balaban J connectivity index is 1.59. The van der Waals surface area contributed by atoms with E-state index in [0.717, 1.165) is 24.0 Å². The third-order valence-electron chi connectivity index (χ3n) is 7.01. The highest BCUT2D eigenvalue weighted by Crippen LogP contribution is 2.45. The smallest absolute Gasteiger partial charge is 0.320 e. The quantitative estimate of drug-likeness (QED) is 0.434. The van der Waals surface area contributed by atoms with E-state index in [2.05, 4.69) is 0 Å². The lowest BCUT2D eigenvalue weighted by Crippen LogP contribution is -2.60. The van der Waals surface area contributed by atoms with E-state index in [9.17, 15) is 14.4 Å². The van der Waals surface area contributed by atoms with Crippen LogP contribution in [-0.4, -0.2) is 34.8 Å². The number of hydrogen-bond acceptors (Lipinski definition) is 5. The second kappa shape index (κ2) is 9.45. The van der Waals surface area contributed by atoms with Crippen LogP contribution in [-0.2, 0) is 30.5 Å². The molecule has 0 saturated heterocycles. The summed E-state index contributed by atoms with van der Waals surface area (Å²) in [6.45, 7) is 5.22. The third-order valence-corrected chi connectivity index (χ3v) is 7.01. The average molecular weight is 462 g/mol. The highest BCUT2D eigenvalue weighted by molar-refractivity contribution is 6.22. The highest BCUT2D eigenvalue weighted by atomic mass is 16.5. The Labute approximate surface area is 200 Å². The van der Waals surface area contributed by atoms with Gasteiger partial charge in [-0.25, -0.2) is 0 Å². The molecule has 1 saturated carbocycles. The molecule has 0 unspecified atom stereocenters. The minimum Gasteiger partial charge on any atom is -0.477 e. The van der Waals surface area contributed by atoms with Gasteiger partial charge >= 0.3 is 5.97 Å². The normalized spacial score (nSPS) is 18.0. The van der Waals surface area contributed by atoms with Gasteiger partial charge in [0.15, 0.2) is 12.5 Å². The van der Waals surface area contributed by atoms with Crippen LogP contribution in [0.15, 0.2) is 66.4 Å². The first kappa shape index (κ1) is 23.7. The minimum atomic E-state index is -1.26. The minimum absolute atomic E-state index is 0.0467. The lowest BCUT2D eigenvalue weighted by atomic mass is 9.73. The topological polar surface area (TPSA) is 72.9 Å². The number of nitrogens with zero attached hydrogens (tertiary/aromatic N) is 1. The Kier molecular flexibility index (Phi) is 6.60. The summed E-state index contributed by atoms with van der Waals surface area (Å²) in [6.07, 6.45) is 2.38. The van der Waals surface area contributed by atoms with Crippen LogP contribution in [0, 0.1) is 5.41 Å². The van der Waals surface area contributed by atoms with E-state index >= 15 is 0 Å². The Hall–Kier alpha value is -3.41. The first-order chi connectivity index (χ1) is 16.3.